The van der Waals surface area contributed by atoms with Gasteiger partial charge in [0.2, 0.25) is 11.8 Å². The van der Waals surface area contributed by atoms with Gasteiger partial charge in [-0.15, -0.1) is 0 Å². The van der Waals surface area contributed by atoms with Gasteiger partial charge in [0.1, 0.15) is 12.6 Å². The summed E-state index contributed by atoms with van der Waals surface area (Å²) in [6.07, 6.45) is 1.15. The molecule has 0 heterocycles. The van der Waals surface area contributed by atoms with E-state index in [-0.39, 0.29) is 17.3 Å². The van der Waals surface area contributed by atoms with Crippen LogP contribution in [0.25, 0.3) is 0 Å². The van der Waals surface area contributed by atoms with Crippen molar-refractivity contribution in [2.45, 2.75) is 58.0 Å². The molecule has 3 rings (SSSR count). The summed E-state index contributed by atoms with van der Waals surface area (Å²) in [4.78, 5) is 28.8. The molecular formula is C30H36BrN3O4S. The Morgan fingerprint density at radius 2 is 1.56 bits per heavy atom. The molecular weight excluding hydrogens is 578 g/mol. The summed E-state index contributed by atoms with van der Waals surface area (Å²) in [6.45, 7) is 7.86. The number of hydrogen-bond acceptors (Lipinski definition) is 4. The van der Waals surface area contributed by atoms with Crippen molar-refractivity contribution in [3.8, 4) is 0 Å². The number of nitrogens with one attached hydrogen (secondary N) is 1. The van der Waals surface area contributed by atoms with Gasteiger partial charge in [0, 0.05) is 17.6 Å². The van der Waals surface area contributed by atoms with Crippen LogP contribution in [0.5, 0.6) is 0 Å². The van der Waals surface area contributed by atoms with E-state index in [9.17, 15) is 18.0 Å². The number of nitrogens with zero attached hydrogens (tertiary/aromatic N) is 2. The molecule has 7 nitrogen and oxygen atoms in total. The van der Waals surface area contributed by atoms with Gasteiger partial charge in [-0.1, -0.05) is 71.7 Å². The fourth-order valence-electron chi connectivity index (χ4n) is 4.23. The van der Waals surface area contributed by atoms with Crippen molar-refractivity contribution in [1.82, 2.24) is 10.2 Å². The van der Waals surface area contributed by atoms with E-state index in [2.05, 4.69) is 21.2 Å². The zero-order chi connectivity index (χ0) is 28.6. The van der Waals surface area contributed by atoms with Crippen LogP contribution in [0.4, 0.5) is 5.69 Å². The molecule has 9 heteroatoms. The third kappa shape index (κ3) is 7.70. The Morgan fingerprint density at radius 3 is 2.15 bits per heavy atom. The number of hydrogen-bond donors (Lipinski definition) is 1. The normalized spacial score (nSPS) is 12.0. The van der Waals surface area contributed by atoms with Gasteiger partial charge in [0.15, 0.2) is 0 Å². The number of halogens is 1. The summed E-state index contributed by atoms with van der Waals surface area (Å²) in [5, 5.41) is 2.90. The van der Waals surface area contributed by atoms with Gasteiger partial charge in [-0.25, -0.2) is 8.42 Å². The number of carbonyl (C=O) groups excluding carboxylic acids is 2. The summed E-state index contributed by atoms with van der Waals surface area (Å²) in [5.41, 5.74) is 3.15. The first-order valence-electron chi connectivity index (χ1n) is 13.0. The van der Waals surface area contributed by atoms with Crippen molar-refractivity contribution in [2.24, 2.45) is 0 Å². The van der Waals surface area contributed by atoms with Crippen LogP contribution in [-0.2, 0) is 26.2 Å². The Labute approximate surface area is 240 Å². The van der Waals surface area contributed by atoms with Crippen LogP contribution in [0.3, 0.4) is 0 Å². The predicted molar refractivity (Wildman–Crippen MR) is 159 cm³/mol. The second-order valence-electron chi connectivity index (χ2n) is 9.46. The monoisotopic (exact) mass is 613 g/mol. The van der Waals surface area contributed by atoms with Crippen LogP contribution in [0.15, 0.2) is 82.2 Å². The zero-order valence-corrected chi connectivity index (χ0v) is 25.3. The maximum atomic E-state index is 14.1. The minimum Gasteiger partial charge on any atom is -0.354 e. The quantitative estimate of drug-likeness (QED) is 0.288. The molecule has 3 aromatic carbocycles. The fraction of sp³-hybridized carbons (Fsp3) is 0.333. The third-order valence-corrected chi connectivity index (χ3v) is 8.86. The lowest BCUT2D eigenvalue weighted by molar-refractivity contribution is -0.140. The molecule has 0 fully saturated rings. The number of benzene rings is 3. The molecule has 0 aliphatic carbocycles. The van der Waals surface area contributed by atoms with E-state index in [1.165, 1.54) is 4.90 Å². The molecule has 1 N–H and O–H groups in total. The van der Waals surface area contributed by atoms with E-state index in [4.69, 9.17) is 0 Å². The Kier molecular flexibility index (Phi) is 10.7. The Hall–Kier alpha value is -3.17. The molecule has 0 aliphatic rings. The summed E-state index contributed by atoms with van der Waals surface area (Å²) in [7, 11) is -4.09. The molecule has 0 aliphatic heterocycles. The van der Waals surface area contributed by atoms with Gasteiger partial charge in [0.05, 0.1) is 10.6 Å². The van der Waals surface area contributed by atoms with Crippen molar-refractivity contribution in [3.05, 3.63) is 94.0 Å². The molecule has 0 bridgehead atoms. The van der Waals surface area contributed by atoms with Gasteiger partial charge in [-0.3, -0.25) is 13.9 Å². The minimum absolute atomic E-state index is 0.0852. The fourth-order valence-corrected chi connectivity index (χ4v) is 5.91. The van der Waals surface area contributed by atoms with Gasteiger partial charge >= 0.3 is 0 Å². The lowest BCUT2D eigenvalue weighted by atomic mass is 10.1. The first-order valence-corrected chi connectivity index (χ1v) is 15.3. The lowest BCUT2D eigenvalue weighted by Crippen LogP contribution is -2.52. The highest BCUT2D eigenvalue weighted by molar-refractivity contribution is 9.10. The molecule has 0 spiro atoms. The number of carbonyl (C=O) groups is 2. The average molecular weight is 615 g/mol. The van der Waals surface area contributed by atoms with Gasteiger partial charge < -0.3 is 10.2 Å². The number of aryl methyl sites for hydroxylation is 2. The molecule has 0 saturated heterocycles. The zero-order valence-electron chi connectivity index (χ0n) is 22.9. The van der Waals surface area contributed by atoms with Crippen LogP contribution < -0.4 is 9.62 Å². The number of amides is 2. The van der Waals surface area contributed by atoms with Crippen LogP contribution in [0.2, 0.25) is 0 Å². The molecule has 208 valence electrons. The standard InChI is InChI=1S/C30H36BrN3O4S/c1-5-19-32-30(36)28(6-2)33(20-24-10-8-7-9-23(24)4)29(35)21-34(26-15-13-25(31)14-16-26)39(37,38)27-17-11-22(3)12-18-27/h7-18,28H,5-6,19-21H2,1-4H3,(H,32,36). The van der Waals surface area contributed by atoms with Crippen molar-refractivity contribution in [2.75, 3.05) is 17.4 Å². The van der Waals surface area contributed by atoms with Crippen molar-refractivity contribution in [1.29, 1.82) is 0 Å². The van der Waals surface area contributed by atoms with E-state index in [0.717, 1.165) is 31.9 Å². The molecule has 0 saturated carbocycles. The molecule has 1 unspecified atom stereocenters. The van der Waals surface area contributed by atoms with Crippen LogP contribution in [-0.4, -0.2) is 44.3 Å². The number of anilines is 1. The van der Waals surface area contributed by atoms with Crippen molar-refractivity contribution >= 4 is 43.5 Å². The largest absolute Gasteiger partial charge is 0.354 e. The summed E-state index contributed by atoms with van der Waals surface area (Å²) < 4.78 is 29.7. The highest BCUT2D eigenvalue weighted by Gasteiger charge is 2.33. The molecule has 0 aromatic heterocycles. The first-order chi connectivity index (χ1) is 18.6. The molecule has 1 atom stereocenters. The predicted octanol–water partition coefficient (Wildman–Crippen LogP) is 5.59. The Bertz CT molecular complexity index is 1380. The van der Waals surface area contributed by atoms with E-state index in [0.29, 0.717) is 18.7 Å². The van der Waals surface area contributed by atoms with Crippen molar-refractivity contribution in [3.63, 3.8) is 0 Å². The smallest absolute Gasteiger partial charge is 0.264 e. The van der Waals surface area contributed by atoms with Crippen LogP contribution in [0.1, 0.15) is 43.4 Å². The minimum atomic E-state index is -4.09. The number of rotatable bonds is 12. The van der Waals surface area contributed by atoms with Gasteiger partial charge in [-0.05, 0) is 74.2 Å². The van der Waals surface area contributed by atoms with Crippen molar-refractivity contribution < 1.29 is 18.0 Å². The van der Waals surface area contributed by atoms with Gasteiger partial charge in [-0.2, -0.15) is 0 Å². The van der Waals surface area contributed by atoms with E-state index in [1.54, 1.807) is 48.5 Å². The molecule has 0 radical (unpaired) electrons. The summed E-state index contributed by atoms with van der Waals surface area (Å²) in [6, 6.07) is 20.2. The first kappa shape index (κ1) is 30.4. The van der Waals surface area contributed by atoms with E-state index in [1.807, 2.05) is 52.0 Å². The van der Waals surface area contributed by atoms with Gasteiger partial charge in [0.25, 0.3) is 10.0 Å². The third-order valence-electron chi connectivity index (χ3n) is 6.54. The van der Waals surface area contributed by atoms with E-state index < -0.39 is 28.5 Å². The molecule has 39 heavy (non-hydrogen) atoms. The van der Waals surface area contributed by atoms with Crippen LogP contribution in [0, 0.1) is 13.8 Å². The van der Waals surface area contributed by atoms with E-state index >= 15 is 0 Å². The molecule has 2 amide bonds. The highest BCUT2D eigenvalue weighted by Crippen LogP contribution is 2.26. The maximum absolute atomic E-state index is 14.1. The average Bonchev–Trinajstić information content (AvgIpc) is 2.92. The second-order valence-corrected chi connectivity index (χ2v) is 12.2. The topological polar surface area (TPSA) is 86.8 Å². The lowest BCUT2D eigenvalue weighted by Gasteiger charge is -2.33. The molecule has 3 aromatic rings. The highest BCUT2D eigenvalue weighted by atomic mass is 79.9. The SMILES string of the molecule is CCCNC(=O)C(CC)N(Cc1ccccc1C)C(=O)CN(c1ccc(Br)cc1)S(=O)(=O)c1ccc(C)cc1. The summed E-state index contributed by atoms with van der Waals surface area (Å²) >= 11 is 3.39. The number of sulfonamides is 1. The Morgan fingerprint density at radius 1 is 0.923 bits per heavy atom. The summed E-state index contributed by atoms with van der Waals surface area (Å²) in [5.74, 6) is -0.715. The Balaban J connectivity index is 2.05. The van der Waals surface area contributed by atoms with Crippen LogP contribution >= 0.6 is 15.9 Å². The maximum Gasteiger partial charge on any atom is 0.264 e. The second kappa shape index (κ2) is 13.8.